The molecule has 6 heteroatoms. The molecule has 0 aliphatic heterocycles. The number of rotatable bonds is 6. The molecule has 0 radical (unpaired) electrons. The number of tetrazole rings is 1. The predicted octanol–water partition coefficient (Wildman–Crippen LogP) is 5.98. The van der Waals surface area contributed by atoms with Crippen molar-refractivity contribution in [2.45, 2.75) is 79.8 Å². The fraction of sp³-hybridized carbons (Fsp3) is 0.583. The van der Waals surface area contributed by atoms with Gasteiger partial charge in [0.05, 0.1) is 29.0 Å². The molecule has 0 amide bonds. The van der Waals surface area contributed by atoms with E-state index in [9.17, 15) is 0 Å². The van der Waals surface area contributed by atoms with E-state index in [0.717, 1.165) is 35.3 Å². The Balaban J connectivity index is 1.98. The van der Waals surface area contributed by atoms with Gasteiger partial charge in [0.1, 0.15) is 0 Å². The van der Waals surface area contributed by atoms with Gasteiger partial charge in [-0.2, -0.15) is 0 Å². The molecule has 0 saturated carbocycles. The summed E-state index contributed by atoms with van der Waals surface area (Å²) in [6.45, 7) is 17.9. The average molecular weight is 409 g/mol. The number of para-hydroxylation sites is 1. The molecule has 0 aliphatic carbocycles. The summed E-state index contributed by atoms with van der Waals surface area (Å²) < 4.78 is 2.01. The largest absolute Gasteiger partial charge is 0.374 e. The summed E-state index contributed by atoms with van der Waals surface area (Å²) in [7, 11) is 0. The van der Waals surface area contributed by atoms with Crippen molar-refractivity contribution in [3.05, 3.63) is 42.4 Å². The second-order valence-corrected chi connectivity index (χ2v) is 11.4. The third-order valence-electron chi connectivity index (χ3n) is 5.09. The zero-order chi connectivity index (χ0) is 22.2. The number of hydrogen-bond donors (Lipinski definition) is 1. The van der Waals surface area contributed by atoms with Crippen LogP contribution < -0.4 is 5.32 Å². The molecular formula is C24H36N6. The van der Waals surface area contributed by atoms with Crippen molar-refractivity contribution in [2.24, 2.45) is 10.8 Å². The van der Waals surface area contributed by atoms with E-state index in [1.807, 2.05) is 29.1 Å². The molecule has 0 bridgehead atoms. The van der Waals surface area contributed by atoms with Crippen molar-refractivity contribution in [1.82, 2.24) is 25.2 Å². The number of nitrogens with one attached hydrogen (secondary N) is 1. The van der Waals surface area contributed by atoms with E-state index in [4.69, 9.17) is 0 Å². The minimum Gasteiger partial charge on any atom is -0.374 e. The second-order valence-electron chi connectivity index (χ2n) is 11.4. The highest BCUT2D eigenvalue weighted by atomic mass is 15.6. The first kappa shape index (κ1) is 22.2. The molecule has 30 heavy (non-hydrogen) atoms. The van der Waals surface area contributed by atoms with Gasteiger partial charge in [-0.25, -0.2) is 4.68 Å². The lowest BCUT2D eigenvalue weighted by Crippen LogP contribution is -2.36. The first-order valence-corrected chi connectivity index (χ1v) is 10.7. The SMILES string of the molecule is CC(C)(C)CC(Nc1cnc2ccccc2c1)c1nnnn1C(C)(C)CC(C)(C)C. The van der Waals surface area contributed by atoms with Gasteiger partial charge >= 0.3 is 0 Å². The van der Waals surface area contributed by atoms with E-state index in [1.54, 1.807) is 0 Å². The summed E-state index contributed by atoms with van der Waals surface area (Å²) in [6.07, 6.45) is 3.76. The molecule has 1 unspecified atom stereocenters. The van der Waals surface area contributed by atoms with Crippen molar-refractivity contribution in [3.8, 4) is 0 Å². The number of fused-ring (bicyclic) bond motifs is 1. The van der Waals surface area contributed by atoms with Gasteiger partial charge in [-0.1, -0.05) is 59.7 Å². The first-order valence-electron chi connectivity index (χ1n) is 10.7. The van der Waals surface area contributed by atoms with Crippen molar-refractivity contribution in [3.63, 3.8) is 0 Å². The van der Waals surface area contributed by atoms with Crippen LogP contribution in [0.2, 0.25) is 0 Å². The molecule has 162 valence electrons. The third kappa shape index (κ3) is 5.55. The number of aromatic nitrogens is 5. The second kappa shape index (κ2) is 7.97. The Morgan fingerprint density at radius 3 is 2.33 bits per heavy atom. The van der Waals surface area contributed by atoms with Crippen molar-refractivity contribution < 1.29 is 0 Å². The Hall–Kier alpha value is -2.50. The zero-order valence-corrected chi connectivity index (χ0v) is 19.7. The molecule has 0 spiro atoms. The summed E-state index contributed by atoms with van der Waals surface area (Å²) in [4.78, 5) is 4.61. The molecule has 0 saturated heterocycles. The number of benzene rings is 1. The fourth-order valence-corrected chi connectivity index (χ4v) is 4.39. The number of nitrogens with zero attached hydrogens (tertiary/aromatic N) is 5. The van der Waals surface area contributed by atoms with Crippen LogP contribution >= 0.6 is 0 Å². The monoisotopic (exact) mass is 408 g/mol. The molecule has 2 heterocycles. The standard InChI is InChI=1S/C24H36N6/c1-22(2,3)14-20(26-18-13-17-11-9-10-12-19(17)25-15-18)21-27-28-29-30(21)24(7,8)16-23(4,5)6/h9-13,15,20,26H,14,16H2,1-8H3. The summed E-state index contributed by atoms with van der Waals surface area (Å²) in [5.74, 6) is 0.868. The van der Waals surface area contributed by atoms with Crippen molar-refractivity contribution >= 4 is 16.6 Å². The molecule has 0 aliphatic rings. The van der Waals surface area contributed by atoms with Crippen LogP contribution in [0.1, 0.15) is 80.1 Å². The van der Waals surface area contributed by atoms with Gasteiger partial charge in [0.2, 0.25) is 0 Å². The number of anilines is 1. The summed E-state index contributed by atoms with van der Waals surface area (Å²) >= 11 is 0. The minimum atomic E-state index is -0.198. The Labute approximate surface area is 180 Å². The van der Waals surface area contributed by atoms with Crippen molar-refractivity contribution in [2.75, 3.05) is 5.32 Å². The molecule has 2 aromatic heterocycles. The molecule has 6 nitrogen and oxygen atoms in total. The normalized spacial score (nSPS) is 14.1. The topological polar surface area (TPSA) is 68.5 Å². The molecule has 1 N–H and O–H groups in total. The molecule has 3 aromatic rings. The Morgan fingerprint density at radius 1 is 0.967 bits per heavy atom. The van der Waals surface area contributed by atoms with Crippen LogP contribution in [-0.2, 0) is 5.54 Å². The highest BCUT2D eigenvalue weighted by molar-refractivity contribution is 5.81. The maximum absolute atomic E-state index is 4.61. The Kier molecular flexibility index (Phi) is 5.89. The molecular weight excluding hydrogens is 372 g/mol. The summed E-state index contributed by atoms with van der Waals surface area (Å²) in [5.41, 5.74) is 2.04. The highest BCUT2D eigenvalue weighted by Crippen LogP contribution is 2.36. The van der Waals surface area contributed by atoms with E-state index in [1.165, 1.54) is 0 Å². The molecule has 3 rings (SSSR count). The number of pyridine rings is 1. The lowest BCUT2D eigenvalue weighted by Gasteiger charge is -2.35. The van der Waals surface area contributed by atoms with E-state index in [-0.39, 0.29) is 22.4 Å². The maximum Gasteiger partial charge on any atom is 0.174 e. The van der Waals surface area contributed by atoms with E-state index >= 15 is 0 Å². The summed E-state index contributed by atoms with van der Waals surface area (Å²) in [6, 6.07) is 10.3. The lowest BCUT2D eigenvalue weighted by atomic mass is 9.81. The van der Waals surface area contributed by atoms with Crippen LogP contribution in [0.4, 0.5) is 5.69 Å². The highest BCUT2D eigenvalue weighted by Gasteiger charge is 2.34. The van der Waals surface area contributed by atoms with Gasteiger partial charge in [0.25, 0.3) is 0 Å². The van der Waals surface area contributed by atoms with Gasteiger partial charge in [-0.05, 0) is 60.1 Å². The Bertz CT molecular complexity index is 991. The third-order valence-corrected chi connectivity index (χ3v) is 5.09. The zero-order valence-electron chi connectivity index (χ0n) is 19.7. The molecule has 0 fully saturated rings. The molecule has 1 atom stereocenters. The van der Waals surface area contributed by atoms with Gasteiger partial charge < -0.3 is 5.32 Å². The summed E-state index contributed by atoms with van der Waals surface area (Å²) in [5, 5.41) is 17.8. The van der Waals surface area contributed by atoms with Gasteiger partial charge in [0.15, 0.2) is 5.82 Å². The smallest absolute Gasteiger partial charge is 0.174 e. The van der Waals surface area contributed by atoms with Crippen LogP contribution in [0.3, 0.4) is 0 Å². The van der Waals surface area contributed by atoms with E-state index in [2.05, 4.69) is 93.3 Å². The predicted molar refractivity (Wildman–Crippen MR) is 123 cm³/mol. The first-order chi connectivity index (χ1) is 13.8. The molecule has 1 aromatic carbocycles. The van der Waals surface area contributed by atoms with Crippen molar-refractivity contribution in [1.29, 1.82) is 0 Å². The van der Waals surface area contributed by atoms with Crippen LogP contribution in [0.25, 0.3) is 10.9 Å². The number of hydrogen-bond acceptors (Lipinski definition) is 5. The van der Waals surface area contributed by atoms with E-state index in [0.29, 0.717) is 0 Å². The van der Waals surface area contributed by atoms with Crippen LogP contribution in [0.15, 0.2) is 36.5 Å². The quantitative estimate of drug-likeness (QED) is 0.543. The minimum absolute atomic E-state index is 0.0257. The van der Waals surface area contributed by atoms with Crippen LogP contribution in [0.5, 0.6) is 0 Å². The maximum atomic E-state index is 4.61. The van der Waals surface area contributed by atoms with Gasteiger partial charge in [-0.15, -0.1) is 5.10 Å². The Morgan fingerprint density at radius 2 is 1.67 bits per heavy atom. The van der Waals surface area contributed by atoms with Gasteiger partial charge in [-0.3, -0.25) is 4.98 Å². The lowest BCUT2D eigenvalue weighted by molar-refractivity contribution is 0.186. The van der Waals surface area contributed by atoms with Gasteiger partial charge in [0, 0.05) is 5.39 Å². The van der Waals surface area contributed by atoms with Crippen LogP contribution in [-0.4, -0.2) is 25.2 Å². The average Bonchev–Trinajstić information content (AvgIpc) is 3.09. The van der Waals surface area contributed by atoms with Crippen LogP contribution in [0, 0.1) is 10.8 Å². The fourth-order valence-electron chi connectivity index (χ4n) is 4.39. The van der Waals surface area contributed by atoms with E-state index < -0.39 is 0 Å².